The number of aromatic nitrogens is 4. The maximum Gasteiger partial charge on any atom is 0.229 e. The van der Waals surface area contributed by atoms with E-state index in [1.807, 2.05) is 12.3 Å². The van der Waals surface area contributed by atoms with Crippen molar-refractivity contribution in [3.8, 4) is 0 Å². The van der Waals surface area contributed by atoms with Gasteiger partial charge in [0.05, 0.1) is 34.2 Å². The van der Waals surface area contributed by atoms with E-state index < -0.39 is 0 Å². The van der Waals surface area contributed by atoms with Crippen molar-refractivity contribution in [3.05, 3.63) is 23.8 Å². The number of aliphatic hydroxyl groups is 1. The second kappa shape index (κ2) is 7.67. The molecule has 0 bridgehead atoms. The first-order valence-electron chi connectivity index (χ1n) is 10.3. The molecule has 148 valence electrons. The van der Waals surface area contributed by atoms with Crippen LogP contribution in [0.2, 0.25) is 0 Å². The summed E-state index contributed by atoms with van der Waals surface area (Å²) in [6, 6.07) is 2.90. The van der Waals surface area contributed by atoms with Gasteiger partial charge in [-0.1, -0.05) is 12.8 Å². The van der Waals surface area contributed by atoms with Crippen LogP contribution in [0.15, 0.2) is 23.8 Å². The zero-order valence-electron chi connectivity index (χ0n) is 15.8. The fourth-order valence-electron chi connectivity index (χ4n) is 4.33. The summed E-state index contributed by atoms with van der Waals surface area (Å²) in [4.78, 5) is 9.44. The van der Waals surface area contributed by atoms with Crippen LogP contribution in [0.5, 0.6) is 0 Å². The fraction of sp³-hybridized carbons (Fsp3) is 0.550. The van der Waals surface area contributed by atoms with Crippen LogP contribution in [-0.2, 0) is 0 Å². The summed E-state index contributed by atoms with van der Waals surface area (Å²) < 4.78 is 3.16. The molecule has 0 radical (unpaired) electrons. The van der Waals surface area contributed by atoms with Gasteiger partial charge in [-0.2, -0.15) is 10.1 Å². The van der Waals surface area contributed by atoms with Crippen LogP contribution < -0.4 is 10.6 Å². The fourth-order valence-corrected chi connectivity index (χ4v) is 5.11. The topological polar surface area (TPSA) is 87.9 Å². The van der Waals surface area contributed by atoms with Crippen LogP contribution in [0.4, 0.5) is 17.5 Å². The molecule has 3 aromatic heterocycles. The molecule has 0 saturated heterocycles. The number of aliphatic hydroxyl groups excluding tert-OH is 1. The third-order valence-corrected chi connectivity index (χ3v) is 6.81. The Morgan fingerprint density at radius 2 is 1.89 bits per heavy atom. The van der Waals surface area contributed by atoms with E-state index in [2.05, 4.69) is 37.0 Å². The molecule has 2 saturated carbocycles. The van der Waals surface area contributed by atoms with E-state index in [1.165, 1.54) is 25.7 Å². The molecule has 7 nitrogen and oxygen atoms in total. The van der Waals surface area contributed by atoms with Crippen molar-refractivity contribution in [3.63, 3.8) is 0 Å². The number of hydrogen-bond acceptors (Lipinski definition) is 7. The lowest BCUT2D eigenvalue weighted by molar-refractivity contribution is 0.126. The van der Waals surface area contributed by atoms with Crippen molar-refractivity contribution < 1.29 is 5.11 Å². The molecule has 28 heavy (non-hydrogen) atoms. The first-order valence-corrected chi connectivity index (χ1v) is 11.1. The summed E-state index contributed by atoms with van der Waals surface area (Å²) >= 11 is 1.66. The summed E-state index contributed by atoms with van der Waals surface area (Å²) in [5, 5.41) is 23.3. The predicted octanol–water partition coefficient (Wildman–Crippen LogP) is 4.46. The molecule has 2 aliphatic rings. The van der Waals surface area contributed by atoms with Crippen molar-refractivity contribution in [1.82, 2.24) is 19.7 Å². The molecule has 8 heteroatoms. The second-order valence-corrected chi connectivity index (χ2v) is 8.87. The van der Waals surface area contributed by atoms with Crippen LogP contribution >= 0.6 is 11.3 Å². The molecule has 0 amide bonds. The molecule has 3 aromatic rings. The minimum atomic E-state index is -0.154. The average molecular weight is 399 g/mol. The lowest BCUT2D eigenvalue weighted by Crippen LogP contribution is -2.28. The van der Waals surface area contributed by atoms with Crippen LogP contribution in [-0.4, -0.2) is 37.0 Å². The summed E-state index contributed by atoms with van der Waals surface area (Å²) in [5.41, 5.74) is 1.87. The Bertz CT molecular complexity index is 939. The van der Waals surface area contributed by atoms with Crippen molar-refractivity contribution in [2.45, 2.75) is 69.6 Å². The maximum absolute atomic E-state index is 9.75. The van der Waals surface area contributed by atoms with Gasteiger partial charge in [0.1, 0.15) is 5.82 Å². The minimum Gasteiger partial charge on any atom is -0.393 e. The van der Waals surface area contributed by atoms with Gasteiger partial charge >= 0.3 is 0 Å². The first kappa shape index (κ1) is 17.9. The number of thiophene rings is 1. The van der Waals surface area contributed by atoms with Crippen LogP contribution in [0, 0.1) is 0 Å². The molecule has 0 spiro atoms. The van der Waals surface area contributed by atoms with Gasteiger partial charge in [0.2, 0.25) is 5.95 Å². The second-order valence-electron chi connectivity index (χ2n) is 7.95. The van der Waals surface area contributed by atoms with Crippen LogP contribution in [0.3, 0.4) is 0 Å². The van der Waals surface area contributed by atoms with Crippen molar-refractivity contribution in [2.24, 2.45) is 0 Å². The Balaban J connectivity index is 1.36. The zero-order valence-corrected chi connectivity index (χ0v) is 16.7. The Labute approximate surface area is 168 Å². The summed E-state index contributed by atoms with van der Waals surface area (Å²) in [7, 11) is 0. The third-order valence-electron chi connectivity index (χ3n) is 5.90. The molecule has 3 heterocycles. The van der Waals surface area contributed by atoms with Crippen LogP contribution in [0.25, 0.3) is 10.2 Å². The van der Waals surface area contributed by atoms with Gasteiger partial charge in [-0.05, 0) is 50.0 Å². The standard InChI is InChI=1S/C20H26N6OS/c27-16-7-5-13(6-8-16)22-19-18-17(9-10-28-18)24-20(25-19)23-14-11-21-26(12-14)15-3-1-2-4-15/h9-13,15-16,27H,1-8H2,(H2,22,23,24,25). The molecule has 0 aliphatic heterocycles. The van der Waals surface area contributed by atoms with E-state index >= 15 is 0 Å². The number of hydrogen-bond donors (Lipinski definition) is 3. The maximum atomic E-state index is 9.75. The molecule has 2 fully saturated rings. The number of fused-ring (bicyclic) bond motifs is 1. The van der Waals surface area contributed by atoms with E-state index in [1.54, 1.807) is 11.3 Å². The Hall–Kier alpha value is -2.19. The number of nitrogens with zero attached hydrogens (tertiary/aromatic N) is 4. The highest BCUT2D eigenvalue weighted by Crippen LogP contribution is 2.32. The van der Waals surface area contributed by atoms with Gasteiger partial charge in [0, 0.05) is 12.2 Å². The van der Waals surface area contributed by atoms with Gasteiger partial charge < -0.3 is 15.7 Å². The van der Waals surface area contributed by atoms with E-state index in [4.69, 9.17) is 4.98 Å². The summed E-state index contributed by atoms with van der Waals surface area (Å²) in [6.07, 6.45) is 12.4. The van der Waals surface area contributed by atoms with Crippen molar-refractivity contribution in [2.75, 3.05) is 10.6 Å². The molecule has 2 aliphatic carbocycles. The first-order chi connectivity index (χ1) is 13.7. The van der Waals surface area contributed by atoms with Gasteiger partial charge in [-0.15, -0.1) is 11.3 Å². The Morgan fingerprint density at radius 1 is 1.07 bits per heavy atom. The Kier molecular flexibility index (Phi) is 4.90. The molecule has 0 unspecified atom stereocenters. The zero-order chi connectivity index (χ0) is 18.9. The lowest BCUT2D eigenvalue weighted by atomic mass is 9.93. The number of anilines is 3. The highest BCUT2D eigenvalue weighted by atomic mass is 32.1. The summed E-state index contributed by atoms with van der Waals surface area (Å²) in [5.74, 6) is 1.47. The van der Waals surface area contributed by atoms with E-state index in [9.17, 15) is 5.11 Å². The quantitative estimate of drug-likeness (QED) is 0.588. The molecule has 5 rings (SSSR count). The highest BCUT2D eigenvalue weighted by molar-refractivity contribution is 7.17. The SMILES string of the molecule is OC1CCC(Nc2nc(Nc3cnn(C4CCCC4)c3)nc3ccsc23)CC1. The third kappa shape index (κ3) is 3.71. The highest BCUT2D eigenvalue weighted by Gasteiger charge is 2.21. The largest absolute Gasteiger partial charge is 0.393 e. The van der Waals surface area contributed by atoms with E-state index in [0.29, 0.717) is 18.0 Å². The smallest absolute Gasteiger partial charge is 0.229 e. The van der Waals surface area contributed by atoms with Crippen LogP contribution in [0.1, 0.15) is 57.4 Å². The monoisotopic (exact) mass is 398 g/mol. The molecule has 0 aromatic carbocycles. The average Bonchev–Trinajstić information content (AvgIpc) is 3.44. The predicted molar refractivity (Wildman–Crippen MR) is 112 cm³/mol. The Morgan fingerprint density at radius 3 is 2.71 bits per heavy atom. The van der Waals surface area contributed by atoms with Crippen molar-refractivity contribution in [1.29, 1.82) is 0 Å². The van der Waals surface area contributed by atoms with Gasteiger partial charge in [-0.25, -0.2) is 4.98 Å². The molecule has 3 N–H and O–H groups in total. The molecular weight excluding hydrogens is 372 g/mol. The lowest BCUT2D eigenvalue weighted by Gasteiger charge is -2.26. The number of nitrogens with one attached hydrogen (secondary N) is 2. The van der Waals surface area contributed by atoms with Gasteiger partial charge in [0.25, 0.3) is 0 Å². The summed E-state index contributed by atoms with van der Waals surface area (Å²) in [6.45, 7) is 0. The van der Waals surface area contributed by atoms with Gasteiger partial charge in [-0.3, -0.25) is 4.68 Å². The normalized spacial score (nSPS) is 23.3. The minimum absolute atomic E-state index is 0.154. The molecular formula is C20H26N6OS. The van der Waals surface area contributed by atoms with Crippen molar-refractivity contribution >= 4 is 39.0 Å². The van der Waals surface area contributed by atoms with E-state index in [-0.39, 0.29) is 6.10 Å². The molecule has 0 atom stereocenters. The van der Waals surface area contributed by atoms with E-state index in [0.717, 1.165) is 47.4 Å². The number of rotatable bonds is 5. The van der Waals surface area contributed by atoms with Gasteiger partial charge in [0.15, 0.2) is 0 Å².